The molecular weight excluding hydrogens is 284 g/mol. The summed E-state index contributed by atoms with van der Waals surface area (Å²) in [5.74, 6) is -0.812. The number of aliphatic carboxylic acids is 1. The van der Waals surface area contributed by atoms with Crippen LogP contribution >= 0.6 is 0 Å². The Hall–Kier alpha value is -1.30. The lowest BCUT2D eigenvalue weighted by Crippen LogP contribution is -2.71. The van der Waals surface area contributed by atoms with E-state index >= 15 is 0 Å². The Morgan fingerprint density at radius 1 is 1.18 bits per heavy atom. The van der Waals surface area contributed by atoms with Gasteiger partial charge in [-0.2, -0.15) is 0 Å². The largest absolute Gasteiger partial charge is 0.481 e. The first-order valence-electron chi connectivity index (χ1n) is 7.87. The predicted octanol–water partition coefficient (Wildman–Crippen LogP) is 2.18. The van der Waals surface area contributed by atoms with Crippen molar-refractivity contribution in [3.63, 3.8) is 0 Å². The summed E-state index contributed by atoms with van der Waals surface area (Å²) in [6.07, 6.45) is 0.774. The number of carbonyl (C=O) groups is 2. The van der Waals surface area contributed by atoms with Crippen molar-refractivity contribution >= 4 is 12.1 Å². The third kappa shape index (κ3) is 3.72. The summed E-state index contributed by atoms with van der Waals surface area (Å²) in [6.45, 7) is 12.5. The summed E-state index contributed by atoms with van der Waals surface area (Å²) in [4.78, 5) is 27.2. The van der Waals surface area contributed by atoms with E-state index in [0.717, 1.165) is 19.5 Å². The van der Waals surface area contributed by atoms with Crippen LogP contribution in [0.2, 0.25) is 0 Å². The molecule has 0 bridgehead atoms. The van der Waals surface area contributed by atoms with Crippen LogP contribution < -0.4 is 0 Å². The average molecular weight is 312 g/mol. The molecule has 0 atom stereocenters. The zero-order chi connectivity index (χ0) is 16.8. The Kier molecular flexibility index (Phi) is 4.19. The van der Waals surface area contributed by atoms with Crippen LogP contribution in [0.1, 0.15) is 47.5 Å². The minimum absolute atomic E-state index is 0.0718. The minimum atomic E-state index is -0.812. The molecule has 1 amide bonds. The number of carboxylic acids is 1. The van der Waals surface area contributed by atoms with Gasteiger partial charge < -0.3 is 14.7 Å². The lowest BCUT2D eigenvalue weighted by molar-refractivity contribution is -0.145. The Labute approximate surface area is 132 Å². The maximum absolute atomic E-state index is 12.1. The second-order valence-electron chi connectivity index (χ2n) is 8.47. The first-order chi connectivity index (χ1) is 9.92. The average Bonchev–Trinajstić information content (AvgIpc) is 2.60. The van der Waals surface area contributed by atoms with E-state index in [9.17, 15) is 14.7 Å². The van der Waals surface area contributed by atoms with Crippen LogP contribution in [0.5, 0.6) is 0 Å². The first kappa shape index (κ1) is 17.1. The normalized spacial score (nSPS) is 24.0. The first-order valence-corrected chi connectivity index (χ1v) is 7.87. The third-order valence-electron chi connectivity index (χ3n) is 4.45. The predicted molar refractivity (Wildman–Crippen MR) is 82.8 cm³/mol. The van der Waals surface area contributed by atoms with E-state index < -0.39 is 17.1 Å². The van der Waals surface area contributed by atoms with Gasteiger partial charge in [-0.3, -0.25) is 9.69 Å². The number of hydrogen-bond donors (Lipinski definition) is 1. The van der Waals surface area contributed by atoms with Gasteiger partial charge in [0.05, 0.1) is 12.0 Å². The van der Waals surface area contributed by atoms with E-state index in [0.29, 0.717) is 13.1 Å². The highest BCUT2D eigenvalue weighted by atomic mass is 16.6. The summed E-state index contributed by atoms with van der Waals surface area (Å²) in [5, 5.41) is 9.25. The van der Waals surface area contributed by atoms with Crippen molar-refractivity contribution in [1.29, 1.82) is 0 Å². The third-order valence-corrected chi connectivity index (χ3v) is 4.45. The molecule has 2 rings (SSSR count). The topological polar surface area (TPSA) is 70.1 Å². The number of rotatable bonds is 3. The van der Waals surface area contributed by atoms with Gasteiger partial charge in [0.2, 0.25) is 0 Å². The summed E-state index contributed by atoms with van der Waals surface area (Å²) in [5.41, 5.74) is -0.758. The molecule has 0 unspecified atom stereocenters. The van der Waals surface area contributed by atoms with E-state index in [-0.39, 0.29) is 17.9 Å². The van der Waals surface area contributed by atoms with Gasteiger partial charge in [0.25, 0.3) is 0 Å². The zero-order valence-corrected chi connectivity index (χ0v) is 14.3. The van der Waals surface area contributed by atoms with E-state index in [4.69, 9.17) is 4.74 Å². The molecular formula is C16H28N2O4. The highest BCUT2D eigenvalue weighted by molar-refractivity contribution is 5.73. The fraction of sp³-hybridized carbons (Fsp3) is 0.875. The van der Waals surface area contributed by atoms with Gasteiger partial charge in [-0.15, -0.1) is 0 Å². The van der Waals surface area contributed by atoms with Crippen LogP contribution in [0.25, 0.3) is 0 Å². The lowest BCUT2D eigenvalue weighted by atomic mass is 9.84. The van der Waals surface area contributed by atoms with Crippen molar-refractivity contribution in [3.05, 3.63) is 0 Å². The second-order valence-corrected chi connectivity index (χ2v) is 8.47. The summed E-state index contributed by atoms with van der Waals surface area (Å²) >= 11 is 0. The maximum Gasteiger partial charge on any atom is 0.410 e. The van der Waals surface area contributed by atoms with Crippen LogP contribution in [0, 0.1) is 5.41 Å². The molecule has 0 aliphatic carbocycles. The van der Waals surface area contributed by atoms with Crippen molar-refractivity contribution in [2.75, 3.05) is 26.2 Å². The van der Waals surface area contributed by atoms with Crippen molar-refractivity contribution in [2.45, 2.75) is 58.6 Å². The number of hydrogen-bond acceptors (Lipinski definition) is 4. The molecule has 0 aromatic heterocycles. The molecule has 2 aliphatic rings. The molecule has 1 N–H and O–H groups in total. The number of ether oxygens (including phenoxy) is 1. The van der Waals surface area contributed by atoms with E-state index in [1.54, 1.807) is 4.90 Å². The van der Waals surface area contributed by atoms with Crippen LogP contribution in [-0.2, 0) is 9.53 Å². The summed E-state index contributed by atoms with van der Waals surface area (Å²) in [6, 6.07) is 0. The Bertz CT molecular complexity index is 461. The van der Waals surface area contributed by atoms with Crippen LogP contribution in [-0.4, -0.2) is 64.3 Å². The van der Waals surface area contributed by atoms with Gasteiger partial charge in [-0.1, -0.05) is 13.8 Å². The summed E-state index contributed by atoms with van der Waals surface area (Å²) < 4.78 is 5.36. The van der Waals surface area contributed by atoms with E-state index in [2.05, 4.69) is 18.7 Å². The quantitative estimate of drug-likeness (QED) is 0.865. The van der Waals surface area contributed by atoms with Gasteiger partial charge in [0.1, 0.15) is 5.60 Å². The standard InChI is InChI=1S/C16H28N2O4/c1-14(2,3)22-13(21)17-10-16(11-17,8-12(19)20)18-7-6-15(4,5)9-18/h6-11H2,1-5H3,(H,19,20). The molecule has 0 aromatic rings. The Morgan fingerprint density at radius 2 is 1.77 bits per heavy atom. The molecule has 0 spiro atoms. The van der Waals surface area contributed by atoms with Crippen LogP contribution in [0.15, 0.2) is 0 Å². The molecule has 0 saturated carbocycles. The molecule has 22 heavy (non-hydrogen) atoms. The minimum Gasteiger partial charge on any atom is -0.481 e. The van der Waals surface area contributed by atoms with Crippen LogP contribution in [0.4, 0.5) is 4.79 Å². The fourth-order valence-corrected chi connectivity index (χ4v) is 3.34. The smallest absolute Gasteiger partial charge is 0.410 e. The molecule has 6 nitrogen and oxygen atoms in total. The fourth-order valence-electron chi connectivity index (χ4n) is 3.34. The number of likely N-dealkylation sites (tertiary alicyclic amines) is 2. The highest BCUT2D eigenvalue weighted by Gasteiger charge is 2.54. The van der Waals surface area contributed by atoms with Gasteiger partial charge in [-0.05, 0) is 39.2 Å². The molecule has 0 aromatic carbocycles. The van der Waals surface area contributed by atoms with E-state index in [1.165, 1.54) is 0 Å². The Balaban J connectivity index is 2.03. The lowest BCUT2D eigenvalue weighted by Gasteiger charge is -2.54. The highest BCUT2D eigenvalue weighted by Crippen LogP contribution is 2.40. The van der Waals surface area contributed by atoms with Gasteiger partial charge in [-0.25, -0.2) is 4.79 Å². The van der Waals surface area contributed by atoms with Crippen molar-refractivity contribution < 1.29 is 19.4 Å². The Morgan fingerprint density at radius 3 is 2.18 bits per heavy atom. The van der Waals surface area contributed by atoms with E-state index in [1.807, 2.05) is 20.8 Å². The molecule has 6 heteroatoms. The number of nitrogens with zero attached hydrogens (tertiary/aromatic N) is 2. The maximum atomic E-state index is 12.1. The molecule has 2 fully saturated rings. The molecule has 2 aliphatic heterocycles. The van der Waals surface area contributed by atoms with Gasteiger partial charge >= 0.3 is 12.1 Å². The van der Waals surface area contributed by atoms with Gasteiger partial charge in [0, 0.05) is 19.6 Å². The number of amides is 1. The van der Waals surface area contributed by atoms with Crippen molar-refractivity contribution in [3.8, 4) is 0 Å². The molecule has 2 saturated heterocycles. The molecule has 126 valence electrons. The van der Waals surface area contributed by atoms with Gasteiger partial charge in [0.15, 0.2) is 0 Å². The zero-order valence-electron chi connectivity index (χ0n) is 14.3. The summed E-state index contributed by atoms with van der Waals surface area (Å²) in [7, 11) is 0. The number of carbonyl (C=O) groups excluding carboxylic acids is 1. The molecule has 0 radical (unpaired) electrons. The number of carboxylic acid groups (broad SMARTS) is 1. The van der Waals surface area contributed by atoms with Crippen LogP contribution in [0.3, 0.4) is 0 Å². The second kappa shape index (κ2) is 5.41. The van der Waals surface area contributed by atoms with Crippen molar-refractivity contribution in [2.24, 2.45) is 5.41 Å². The molecule has 2 heterocycles. The SMILES string of the molecule is CC1(C)CCN(C2(CC(=O)O)CN(C(=O)OC(C)(C)C)C2)C1. The monoisotopic (exact) mass is 312 g/mol. The van der Waals surface area contributed by atoms with Crippen molar-refractivity contribution in [1.82, 2.24) is 9.80 Å².